The number of methoxy groups -OCH3 is 1. The Morgan fingerprint density at radius 2 is 1.96 bits per heavy atom. The Morgan fingerprint density at radius 1 is 1.22 bits per heavy atom. The van der Waals surface area contributed by atoms with Gasteiger partial charge in [0.15, 0.2) is 0 Å². The fourth-order valence-corrected chi connectivity index (χ4v) is 8.50. The number of piperazine rings is 1. The molecule has 2 heterocycles. The molecule has 248 valence electrons. The van der Waals surface area contributed by atoms with Crippen molar-refractivity contribution in [3.05, 3.63) is 65.2 Å². The Hall–Kier alpha value is -3.20. The molecule has 45 heavy (non-hydrogen) atoms. The van der Waals surface area contributed by atoms with Gasteiger partial charge < -0.3 is 20.5 Å². The molecule has 4 rings (SSSR count). The van der Waals surface area contributed by atoms with Crippen LogP contribution in [0, 0.1) is 11.6 Å². The highest BCUT2D eigenvalue weighted by Gasteiger charge is 2.48. The lowest BCUT2D eigenvalue weighted by atomic mass is 9.70. The first-order valence-electron chi connectivity index (χ1n) is 15.0. The van der Waals surface area contributed by atoms with Crippen molar-refractivity contribution in [2.24, 2.45) is 0 Å². The fraction of sp³-hybridized carbons (Fsp3) is 0.548. The number of carbonyl (C=O) groups is 2. The third-order valence-electron chi connectivity index (χ3n) is 8.90. The second-order valence-electron chi connectivity index (χ2n) is 11.8. The molecular weight excluding hydrogens is 613 g/mol. The summed E-state index contributed by atoms with van der Waals surface area (Å²) in [5.74, 6) is -1.93. The van der Waals surface area contributed by atoms with Crippen LogP contribution < -0.4 is 10.6 Å². The van der Waals surface area contributed by atoms with Crippen LogP contribution in [0.15, 0.2) is 42.5 Å². The Labute approximate surface area is 262 Å². The molecule has 2 aliphatic heterocycles. The number of sulfonamides is 1. The summed E-state index contributed by atoms with van der Waals surface area (Å²) in [7, 11) is -0.902. The second kappa shape index (κ2) is 14.9. The number of halogens is 3. The molecule has 2 saturated heterocycles. The summed E-state index contributed by atoms with van der Waals surface area (Å²) in [6, 6.07) is 7.45. The van der Waals surface area contributed by atoms with E-state index < -0.39 is 57.8 Å². The van der Waals surface area contributed by atoms with Crippen LogP contribution in [0.3, 0.4) is 0 Å². The lowest BCUT2D eigenvalue weighted by molar-refractivity contribution is -0.124. The van der Waals surface area contributed by atoms with Crippen molar-refractivity contribution in [2.45, 2.75) is 62.1 Å². The molecule has 0 saturated carbocycles. The van der Waals surface area contributed by atoms with Crippen LogP contribution in [0.25, 0.3) is 0 Å². The standard InChI is InChI=1S/C31H41F3N4O6S/c1-37(30(40)41)28(31(20-44-2,15-5-16-32)21-9-11-22(33)12-10-21)29(39)36-27-8-3-7-26(34)25(27)14-13-24-18-35-23-6-4-17-45(42,43)38(24)19-23/h3,7-12,23-24,28,35H,4-6,13-20H2,1-2H3,(H,36,39)(H,40,41)/t23?,24-,28+,31?/m0/s1. The summed E-state index contributed by atoms with van der Waals surface area (Å²) in [6.07, 6.45) is 0.180. The lowest BCUT2D eigenvalue weighted by Crippen LogP contribution is -2.59. The molecule has 0 spiro atoms. The van der Waals surface area contributed by atoms with E-state index in [2.05, 4.69) is 10.6 Å². The number of nitrogens with one attached hydrogen (secondary N) is 2. The van der Waals surface area contributed by atoms with Crippen LogP contribution in [0.2, 0.25) is 0 Å². The smallest absolute Gasteiger partial charge is 0.407 e. The number of carbonyl (C=O) groups excluding carboxylic acids is 1. The third-order valence-corrected chi connectivity index (χ3v) is 10.9. The molecular formula is C31H41F3N4O6S. The number of carboxylic acid groups (broad SMARTS) is 1. The van der Waals surface area contributed by atoms with Gasteiger partial charge in [-0.05, 0) is 68.4 Å². The highest BCUT2D eigenvalue weighted by molar-refractivity contribution is 7.89. The van der Waals surface area contributed by atoms with E-state index >= 15 is 4.39 Å². The number of hydrogen-bond donors (Lipinski definition) is 3. The second-order valence-corrected chi connectivity index (χ2v) is 13.8. The van der Waals surface area contributed by atoms with Gasteiger partial charge in [0.2, 0.25) is 15.9 Å². The Balaban J connectivity index is 1.67. The molecule has 2 aliphatic rings. The van der Waals surface area contributed by atoms with Gasteiger partial charge >= 0.3 is 6.09 Å². The zero-order chi connectivity index (χ0) is 32.8. The van der Waals surface area contributed by atoms with Gasteiger partial charge in [-0.15, -0.1) is 0 Å². The summed E-state index contributed by atoms with van der Waals surface area (Å²) >= 11 is 0. The largest absolute Gasteiger partial charge is 0.465 e. The SMILES string of the molecule is COCC(CCCF)(c1ccc(F)cc1)[C@@H](C(=O)Nc1cccc(F)c1CC[C@H]1CNC2CCCS(=O)(=O)N1C2)N(C)C(=O)O. The summed E-state index contributed by atoms with van der Waals surface area (Å²) in [6.45, 7) is -0.197. The zero-order valence-electron chi connectivity index (χ0n) is 25.5. The topological polar surface area (TPSA) is 128 Å². The van der Waals surface area contributed by atoms with E-state index in [1.807, 2.05) is 0 Å². The first-order chi connectivity index (χ1) is 21.4. The van der Waals surface area contributed by atoms with Crippen molar-refractivity contribution in [2.75, 3.05) is 51.6 Å². The van der Waals surface area contributed by atoms with Gasteiger partial charge in [0, 0.05) is 56.0 Å². The van der Waals surface area contributed by atoms with Crippen LogP contribution in [0.4, 0.5) is 23.7 Å². The number of fused-ring (bicyclic) bond motifs is 2. The summed E-state index contributed by atoms with van der Waals surface area (Å²) < 4.78 is 75.7. The van der Waals surface area contributed by atoms with Gasteiger partial charge in [-0.2, -0.15) is 4.31 Å². The molecule has 2 aromatic rings. The quantitative estimate of drug-likeness (QED) is 0.299. The number of amides is 2. The van der Waals surface area contributed by atoms with E-state index in [0.717, 1.165) is 11.3 Å². The number of rotatable bonds is 13. The Bertz CT molecular complexity index is 1450. The maximum Gasteiger partial charge on any atom is 0.407 e. The van der Waals surface area contributed by atoms with Crippen molar-refractivity contribution in [1.82, 2.24) is 14.5 Å². The van der Waals surface area contributed by atoms with Crippen LogP contribution in [0.1, 0.15) is 43.2 Å². The lowest BCUT2D eigenvalue weighted by Gasteiger charge is -2.43. The fourth-order valence-electron chi connectivity index (χ4n) is 6.69. The number of likely N-dealkylation sites (N-methyl/N-ethyl adjacent to an activating group) is 1. The first kappa shape index (κ1) is 34.7. The summed E-state index contributed by atoms with van der Waals surface area (Å²) in [5, 5.41) is 16.1. The zero-order valence-corrected chi connectivity index (χ0v) is 26.3. The molecule has 2 fully saturated rings. The number of ether oxygens (including phenoxy) is 1. The van der Waals surface area contributed by atoms with E-state index in [4.69, 9.17) is 4.74 Å². The van der Waals surface area contributed by atoms with Crippen molar-refractivity contribution >= 4 is 27.7 Å². The van der Waals surface area contributed by atoms with E-state index in [0.29, 0.717) is 25.1 Å². The van der Waals surface area contributed by atoms with Gasteiger partial charge in [0.05, 0.1) is 19.0 Å². The predicted molar refractivity (Wildman–Crippen MR) is 163 cm³/mol. The van der Waals surface area contributed by atoms with Crippen LogP contribution in [-0.4, -0.2) is 99.1 Å². The minimum atomic E-state index is -3.47. The molecule has 2 aromatic carbocycles. The van der Waals surface area contributed by atoms with Gasteiger partial charge in [0.25, 0.3) is 0 Å². The Morgan fingerprint density at radius 3 is 2.62 bits per heavy atom. The Kier molecular flexibility index (Phi) is 11.5. The van der Waals surface area contributed by atoms with Crippen molar-refractivity contribution in [1.29, 1.82) is 0 Å². The molecule has 5 atom stereocenters. The first-order valence-corrected chi connectivity index (χ1v) is 16.6. The average molecular weight is 655 g/mol. The highest BCUT2D eigenvalue weighted by atomic mass is 32.2. The highest BCUT2D eigenvalue weighted by Crippen LogP contribution is 2.38. The third kappa shape index (κ3) is 7.79. The maximum absolute atomic E-state index is 15.3. The molecule has 2 bridgehead atoms. The molecule has 0 radical (unpaired) electrons. The number of nitrogens with zero attached hydrogens (tertiary/aromatic N) is 2. The van der Waals surface area contributed by atoms with Gasteiger partial charge in [-0.3, -0.25) is 14.1 Å². The summed E-state index contributed by atoms with van der Waals surface area (Å²) in [5.41, 5.74) is -0.835. The minimum absolute atomic E-state index is 0.0192. The van der Waals surface area contributed by atoms with Crippen molar-refractivity contribution in [3.8, 4) is 0 Å². The predicted octanol–water partition coefficient (Wildman–Crippen LogP) is 3.91. The number of alkyl halides is 1. The van der Waals surface area contributed by atoms with Gasteiger partial charge in [-0.1, -0.05) is 18.2 Å². The van der Waals surface area contributed by atoms with Crippen LogP contribution in [0.5, 0.6) is 0 Å². The van der Waals surface area contributed by atoms with E-state index in [1.54, 1.807) is 0 Å². The number of benzene rings is 2. The number of hydrogen-bond acceptors (Lipinski definition) is 6. The van der Waals surface area contributed by atoms with E-state index in [1.165, 1.54) is 60.9 Å². The normalized spacial score (nSPS) is 22.9. The van der Waals surface area contributed by atoms with Crippen LogP contribution in [-0.2, 0) is 31.4 Å². The molecule has 2 amide bonds. The average Bonchev–Trinajstić information content (AvgIpc) is 3.11. The van der Waals surface area contributed by atoms with Gasteiger partial charge in [-0.25, -0.2) is 22.0 Å². The van der Waals surface area contributed by atoms with Crippen LogP contribution >= 0.6 is 0 Å². The minimum Gasteiger partial charge on any atom is -0.465 e. The summed E-state index contributed by atoms with van der Waals surface area (Å²) in [4.78, 5) is 27.3. The van der Waals surface area contributed by atoms with E-state index in [-0.39, 0.29) is 55.3 Å². The number of anilines is 1. The monoisotopic (exact) mass is 654 g/mol. The van der Waals surface area contributed by atoms with Crippen molar-refractivity contribution in [3.63, 3.8) is 0 Å². The van der Waals surface area contributed by atoms with Gasteiger partial charge in [0.1, 0.15) is 17.7 Å². The molecule has 3 unspecified atom stereocenters. The molecule has 10 nitrogen and oxygen atoms in total. The molecule has 0 aromatic heterocycles. The van der Waals surface area contributed by atoms with Crippen molar-refractivity contribution < 1.29 is 41.0 Å². The molecule has 14 heteroatoms. The van der Waals surface area contributed by atoms with E-state index in [9.17, 15) is 31.9 Å². The molecule has 3 N–H and O–H groups in total. The maximum atomic E-state index is 15.3. The molecule has 0 aliphatic carbocycles.